The van der Waals surface area contributed by atoms with Crippen LogP contribution in [0.4, 0.5) is 0 Å². The summed E-state index contributed by atoms with van der Waals surface area (Å²) in [6.07, 6.45) is 4.63. The smallest absolute Gasteiger partial charge is 0.00399 e. The first-order valence-electron chi connectivity index (χ1n) is 6.24. The lowest BCUT2D eigenvalue weighted by Crippen LogP contribution is -2.32. The van der Waals surface area contributed by atoms with E-state index < -0.39 is 0 Å². The van der Waals surface area contributed by atoms with E-state index in [1.165, 1.54) is 12.8 Å². The predicted molar refractivity (Wildman–Crippen MR) is 70.1 cm³/mol. The lowest BCUT2D eigenvalue weighted by atomic mass is 9.83. The first-order chi connectivity index (χ1) is 6.89. The van der Waals surface area contributed by atoms with Crippen molar-refractivity contribution in [1.82, 2.24) is 5.32 Å². The van der Waals surface area contributed by atoms with E-state index in [4.69, 9.17) is 0 Å². The molecule has 0 saturated carbocycles. The highest BCUT2D eigenvalue weighted by atomic mass is 14.9. The average Bonchev–Trinajstić information content (AvgIpc) is 2.14. The third kappa shape index (κ3) is 7.61. The minimum atomic E-state index is 0.263. The topological polar surface area (TPSA) is 12.0 Å². The monoisotopic (exact) mass is 211 g/mol. The van der Waals surface area contributed by atoms with E-state index in [1.54, 1.807) is 0 Å². The number of hydrogen-bond donors (Lipinski definition) is 1. The zero-order chi connectivity index (χ0) is 11.9. The molecule has 1 heteroatoms. The molecule has 1 N–H and O–H groups in total. The van der Waals surface area contributed by atoms with Crippen molar-refractivity contribution in [2.24, 2.45) is 17.3 Å². The van der Waals surface area contributed by atoms with E-state index in [0.717, 1.165) is 24.9 Å². The minimum Gasteiger partial charge on any atom is -0.316 e. The molecule has 0 aromatic heterocycles. The summed E-state index contributed by atoms with van der Waals surface area (Å²) < 4.78 is 0. The summed E-state index contributed by atoms with van der Waals surface area (Å²) in [5, 5.41) is 3.53. The zero-order valence-electron chi connectivity index (χ0n) is 11.3. The van der Waals surface area contributed by atoms with Gasteiger partial charge < -0.3 is 5.32 Å². The Morgan fingerprint density at radius 1 is 1.20 bits per heavy atom. The number of hydrogen-bond acceptors (Lipinski definition) is 1. The van der Waals surface area contributed by atoms with Crippen LogP contribution in [0.2, 0.25) is 0 Å². The summed E-state index contributed by atoms with van der Waals surface area (Å²) >= 11 is 0. The van der Waals surface area contributed by atoms with Crippen LogP contribution in [0, 0.1) is 17.3 Å². The summed E-state index contributed by atoms with van der Waals surface area (Å²) in [6, 6.07) is 0. The summed E-state index contributed by atoms with van der Waals surface area (Å²) in [4.78, 5) is 0. The zero-order valence-corrected chi connectivity index (χ0v) is 11.3. The van der Waals surface area contributed by atoms with Crippen molar-refractivity contribution in [2.75, 3.05) is 13.1 Å². The van der Waals surface area contributed by atoms with Gasteiger partial charge in [0.25, 0.3) is 0 Å². The van der Waals surface area contributed by atoms with E-state index in [2.05, 4.69) is 52.6 Å². The van der Waals surface area contributed by atoms with E-state index in [9.17, 15) is 0 Å². The van der Waals surface area contributed by atoms with Crippen molar-refractivity contribution in [3.8, 4) is 0 Å². The summed E-state index contributed by atoms with van der Waals surface area (Å²) in [6.45, 7) is 17.5. The second-order valence-electron chi connectivity index (χ2n) is 5.82. The highest BCUT2D eigenvalue weighted by Crippen LogP contribution is 2.25. The average molecular weight is 211 g/mol. The molecule has 0 aliphatic heterocycles. The fourth-order valence-electron chi connectivity index (χ4n) is 1.53. The molecule has 1 atom stereocenters. The Bertz CT molecular complexity index is 172. The van der Waals surface area contributed by atoms with Crippen LogP contribution >= 0.6 is 0 Å². The Hall–Kier alpha value is -0.300. The second kappa shape index (κ2) is 7.05. The van der Waals surface area contributed by atoms with Crippen LogP contribution in [0.5, 0.6) is 0 Å². The molecular weight excluding hydrogens is 182 g/mol. The van der Waals surface area contributed by atoms with Crippen molar-refractivity contribution in [3.05, 3.63) is 12.7 Å². The SMILES string of the molecule is C=CC(C)(CCC(C)C)CNCC(C)C. The minimum absolute atomic E-state index is 0.263. The lowest BCUT2D eigenvalue weighted by Gasteiger charge is -2.27. The van der Waals surface area contributed by atoms with Gasteiger partial charge in [0.15, 0.2) is 0 Å². The van der Waals surface area contributed by atoms with Crippen LogP contribution in [-0.2, 0) is 0 Å². The number of rotatable bonds is 8. The maximum absolute atomic E-state index is 3.97. The van der Waals surface area contributed by atoms with E-state index in [1.807, 2.05) is 0 Å². The molecular formula is C14H29N. The maximum atomic E-state index is 3.97. The normalized spacial score (nSPS) is 15.7. The largest absolute Gasteiger partial charge is 0.316 e. The molecule has 0 radical (unpaired) electrons. The fourth-order valence-corrected chi connectivity index (χ4v) is 1.53. The van der Waals surface area contributed by atoms with Crippen LogP contribution in [0.3, 0.4) is 0 Å². The second-order valence-corrected chi connectivity index (χ2v) is 5.82. The molecule has 15 heavy (non-hydrogen) atoms. The molecule has 0 bridgehead atoms. The Morgan fingerprint density at radius 3 is 2.20 bits per heavy atom. The molecule has 0 aliphatic rings. The Morgan fingerprint density at radius 2 is 1.80 bits per heavy atom. The summed E-state index contributed by atoms with van der Waals surface area (Å²) in [7, 11) is 0. The molecule has 0 saturated heterocycles. The third-order valence-corrected chi connectivity index (χ3v) is 2.87. The molecule has 0 amide bonds. The lowest BCUT2D eigenvalue weighted by molar-refractivity contribution is 0.325. The Labute approximate surface area is 96.3 Å². The molecule has 90 valence electrons. The van der Waals surface area contributed by atoms with E-state index >= 15 is 0 Å². The van der Waals surface area contributed by atoms with Crippen molar-refractivity contribution in [2.45, 2.75) is 47.5 Å². The fraction of sp³-hybridized carbons (Fsp3) is 0.857. The molecule has 0 fully saturated rings. The summed E-state index contributed by atoms with van der Waals surface area (Å²) in [5.41, 5.74) is 0.263. The van der Waals surface area contributed by atoms with Crippen LogP contribution in [0.15, 0.2) is 12.7 Å². The van der Waals surface area contributed by atoms with Crippen molar-refractivity contribution in [3.63, 3.8) is 0 Å². The van der Waals surface area contributed by atoms with Gasteiger partial charge in [-0.25, -0.2) is 0 Å². The first kappa shape index (κ1) is 14.7. The molecule has 0 aromatic carbocycles. The third-order valence-electron chi connectivity index (χ3n) is 2.87. The molecule has 1 unspecified atom stereocenters. The Kier molecular flexibility index (Phi) is 6.91. The van der Waals surface area contributed by atoms with Crippen LogP contribution in [0.25, 0.3) is 0 Å². The van der Waals surface area contributed by atoms with Gasteiger partial charge in [-0.15, -0.1) is 6.58 Å². The van der Waals surface area contributed by atoms with Crippen LogP contribution in [0.1, 0.15) is 47.5 Å². The van der Waals surface area contributed by atoms with Gasteiger partial charge in [0.1, 0.15) is 0 Å². The van der Waals surface area contributed by atoms with Gasteiger partial charge in [0.05, 0.1) is 0 Å². The van der Waals surface area contributed by atoms with Gasteiger partial charge in [-0.05, 0) is 30.2 Å². The van der Waals surface area contributed by atoms with E-state index in [-0.39, 0.29) is 5.41 Å². The predicted octanol–water partition coefficient (Wildman–Crippen LogP) is 3.86. The van der Waals surface area contributed by atoms with Gasteiger partial charge in [-0.1, -0.05) is 47.1 Å². The van der Waals surface area contributed by atoms with Gasteiger partial charge >= 0.3 is 0 Å². The highest BCUT2D eigenvalue weighted by Gasteiger charge is 2.19. The van der Waals surface area contributed by atoms with Crippen molar-refractivity contribution < 1.29 is 0 Å². The summed E-state index contributed by atoms with van der Waals surface area (Å²) in [5.74, 6) is 1.51. The molecule has 1 nitrogen and oxygen atoms in total. The highest BCUT2D eigenvalue weighted by molar-refractivity contribution is 4.93. The van der Waals surface area contributed by atoms with Gasteiger partial charge in [-0.3, -0.25) is 0 Å². The molecule has 0 rings (SSSR count). The van der Waals surface area contributed by atoms with Gasteiger partial charge in [0.2, 0.25) is 0 Å². The number of nitrogens with one attached hydrogen (secondary N) is 1. The van der Waals surface area contributed by atoms with Crippen molar-refractivity contribution >= 4 is 0 Å². The first-order valence-corrected chi connectivity index (χ1v) is 6.24. The molecule has 0 aliphatic carbocycles. The maximum Gasteiger partial charge on any atom is 0.00399 e. The van der Waals surface area contributed by atoms with Gasteiger partial charge in [0, 0.05) is 6.54 Å². The molecule has 0 aromatic rings. The quantitative estimate of drug-likeness (QED) is 0.601. The van der Waals surface area contributed by atoms with Crippen molar-refractivity contribution in [1.29, 1.82) is 0 Å². The van der Waals surface area contributed by atoms with E-state index in [0.29, 0.717) is 0 Å². The molecule has 0 heterocycles. The van der Waals surface area contributed by atoms with Gasteiger partial charge in [-0.2, -0.15) is 0 Å². The molecule has 0 spiro atoms. The standard InChI is InChI=1S/C14H29N/c1-7-14(6,9-8-12(2)3)11-15-10-13(4)5/h7,12-13,15H,1,8-11H2,2-6H3. The van der Waals surface area contributed by atoms with Crippen LogP contribution in [-0.4, -0.2) is 13.1 Å². The Balaban J connectivity index is 3.90. The van der Waals surface area contributed by atoms with Crippen LogP contribution < -0.4 is 5.32 Å².